The summed E-state index contributed by atoms with van der Waals surface area (Å²) < 4.78 is 49.2. The van der Waals surface area contributed by atoms with Crippen LogP contribution in [0.1, 0.15) is 17.4 Å². The van der Waals surface area contributed by atoms with Crippen LogP contribution in [0.15, 0.2) is 29.2 Å². The van der Waals surface area contributed by atoms with Gasteiger partial charge in [-0.05, 0) is 18.2 Å². The number of phosphoric ester groups is 1. The number of benzene rings is 1. The molecule has 0 amide bonds. The molecule has 0 saturated carbocycles. The SMILES string of the molecule is C#Cc1cn([C@@H]2O[C@](F)(COP3(=O)OCc4cc(Cl)ccc4O3)[C@@H](O)[C@H]2O)c(=O)[nH]c1=S. The smallest absolute Gasteiger partial charge is 0.404 e. The minimum Gasteiger partial charge on any atom is -0.404 e. The van der Waals surface area contributed by atoms with Gasteiger partial charge in [-0.25, -0.2) is 13.8 Å². The van der Waals surface area contributed by atoms with Gasteiger partial charge < -0.3 is 19.5 Å². The molecule has 2 aliphatic rings. The predicted molar refractivity (Wildman–Crippen MR) is 110 cm³/mol. The molecule has 170 valence electrons. The number of hydrogen-bond donors (Lipinski definition) is 3. The van der Waals surface area contributed by atoms with Gasteiger partial charge in [-0.15, -0.1) is 6.42 Å². The van der Waals surface area contributed by atoms with E-state index in [9.17, 15) is 19.6 Å². The van der Waals surface area contributed by atoms with E-state index in [0.717, 1.165) is 10.8 Å². The summed E-state index contributed by atoms with van der Waals surface area (Å²) >= 11 is 10.8. The van der Waals surface area contributed by atoms with Gasteiger partial charge in [-0.1, -0.05) is 29.7 Å². The Morgan fingerprint density at radius 2 is 2.25 bits per heavy atom. The molecule has 1 aromatic carbocycles. The third kappa shape index (κ3) is 4.14. The number of aliphatic hydroxyl groups is 2. The summed E-state index contributed by atoms with van der Waals surface area (Å²) in [5.74, 6) is -0.684. The summed E-state index contributed by atoms with van der Waals surface area (Å²) in [6.07, 6.45) is 0.598. The molecule has 4 rings (SSSR count). The molecule has 0 bridgehead atoms. The lowest BCUT2D eigenvalue weighted by Crippen LogP contribution is -2.43. The molecular weight excluding hydrogens is 490 g/mol. The number of rotatable bonds is 4. The van der Waals surface area contributed by atoms with Crippen LogP contribution < -0.4 is 10.2 Å². The molecule has 3 N–H and O–H groups in total. The van der Waals surface area contributed by atoms with Crippen LogP contribution >= 0.6 is 31.6 Å². The van der Waals surface area contributed by atoms with Crippen LogP contribution in [-0.2, 0) is 25.0 Å². The second kappa shape index (κ2) is 8.37. The molecule has 1 fully saturated rings. The fourth-order valence-electron chi connectivity index (χ4n) is 3.14. The molecular formula is C18H15ClFN2O8PS. The second-order valence-electron chi connectivity index (χ2n) is 6.92. The molecule has 10 nitrogen and oxygen atoms in total. The lowest BCUT2D eigenvalue weighted by atomic mass is 10.1. The third-order valence-corrected chi connectivity index (χ3v) is 6.67. The van der Waals surface area contributed by atoms with Crippen LogP contribution in [0, 0.1) is 17.0 Å². The molecule has 1 unspecified atom stereocenters. The van der Waals surface area contributed by atoms with E-state index < -0.39 is 44.4 Å². The van der Waals surface area contributed by atoms with Crippen LogP contribution in [0.2, 0.25) is 5.02 Å². The molecule has 32 heavy (non-hydrogen) atoms. The third-order valence-electron chi connectivity index (χ3n) is 4.80. The van der Waals surface area contributed by atoms with Crippen molar-refractivity contribution < 1.29 is 37.5 Å². The van der Waals surface area contributed by atoms with E-state index in [1.165, 1.54) is 18.2 Å². The summed E-state index contributed by atoms with van der Waals surface area (Å²) in [5.41, 5.74) is -0.289. The molecule has 0 aliphatic carbocycles. The fraction of sp³-hybridized carbons (Fsp3) is 0.333. The Bertz CT molecular complexity index is 1280. The molecule has 0 spiro atoms. The van der Waals surface area contributed by atoms with Crippen LogP contribution in [0.25, 0.3) is 0 Å². The number of aromatic amines is 1. The van der Waals surface area contributed by atoms with Crippen molar-refractivity contribution in [2.75, 3.05) is 6.61 Å². The van der Waals surface area contributed by atoms with Gasteiger partial charge in [-0.3, -0.25) is 18.6 Å². The van der Waals surface area contributed by atoms with Gasteiger partial charge in [0.05, 0.1) is 12.2 Å². The number of nitrogens with zero attached hydrogens (tertiary/aromatic N) is 1. The number of ether oxygens (including phenoxy) is 1. The summed E-state index contributed by atoms with van der Waals surface area (Å²) in [6.45, 7) is -1.34. The van der Waals surface area contributed by atoms with Crippen LogP contribution in [-0.4, -0.2) is 44.4 Å². The lowest BCUT2D eigenvalue weighted by Gasteiger charge is -2.28. The van der Waals surface area contributed by atoms with Gasteiger partial charge in [0, 0.05) is 16.8 Å². The lowest BCUT2D eigenvalue weighted by molar-refractivity contribution is -0.205. The Balaban J connectivity index is 1.53. The molecule has 2 aromatic rings. The summed E-state index contributed by atoms with van der Waals surface area (Å²) in [6, 6.07) is 4.47. The highest BCUT2D eigenvalue weighted by atomic mass is 35.5. The number of aromatic nitrogens is 2. The zero-order valence-electron chi connectivity index (χ0n) is 15.9. The van der Waals surface area contributed by atoms with Gasteiger partial charge in [0.25, 0.3) is 5.85 Å². The highest BCUT2D eigenvalue weighted by Crippen LogP contribution is 2.56. The van der Waals surface area contributed by atoms with Gasteiger partial charge in [0.15, 0.2) is 6.23 Å². The Hall–Kier alpha value is -2.07. The van der Waals surface area contributed by atoms with Crippen molar-refractivity contribution in [1.82, 2.24) is 9.55 Å². The number of nitrogens with one attached hydrogen (secondary N) is 1. The maximum atomic E-state index is 15.4. The first-order valence-corrected chi connectivity index (χ1v) is 11.2. The quantitative estimate of drug-likeness (QED) is 0.325. The molecule has 1 saturated heterocycles. The minimum atomic E-state index is -4.29. The number of alkyl halides is 1. The monoisotopic (exact) mass is 504 g/mol. The highest BCUT2D eigenvalue weighted by molar-refractivity contribution is 7.71. The fourth-order valence-corrected chi connectivity index (χ4v) is 4.77. The molecule has 0 radical (unpaired) electrons. The molecule has 14 heteroatoms. The van der Waals surface area contributed by atoms with E-state index in [4.69, 9.17) is 48.6 Å². The first-order chi connectivity index (χ1) is 15.0. The van der Waals surface area contributed by atoms with Crippen molar-refractivity contribution in [3.8, 4) is 18.1 Å². The second-order valence-corrected chi connectivity index (χ2v) is 9.36. The van der Waals surface area contributed by atoms with Crippen molar-refractivity contribution >= 4 is 31.6 Å². The van der Waals surface area contributed by atoms with Crippen LogP contribution in [0.3, 0.4) is 0 Å². The zero-order valence-corrected chi connectivity index (χ0v) is 18.4. The maximum Gasteiger partial charge on any atom is 0.530 e. The van der Waals surface area contributed by atoms with Gasteiger partial charge >= 0.3 is 13.5 Å². The minimum absolute atomic E-state index is 0.0390. The van der Waals surface area contributed by atoms with Gasteiger partial charge in [0.1, 0.15) is 29.2 Å². The standard InChI is InChI=1S/C18H15ClFN2O8PS/c1-2-9-6-22(17(25)21-15(9)32)16-13(23)14(24)18(20,29-16)8-28-31(26)27-7-10-5-11(19)3-4-12(10)30-31/h1,3-6,13-14,16,23-24H,7-8H2,(H,21,25,32)/t13-,14+,16-,18-,31?/m1/s1. The largest absolute Gasteiger partial charge is 0.530 e. The topological polar surface area (TPSA) is 132 Å². The average Bonchev–Trinajstić information content (AvgIpc) is 2.97. The number of phosphoric acid groups is 1. The number of hydrogen-bond acceptors (Lipinski definition) is 9. The summed E-state index contributed by atoms with van der Waals surface area (Å²) in [7, 11) is -4.29. The Morgan fingerprint density at radius 1 is 1.50 bits per heavy atom. The molecule has 2 aliphatic heterocycles. The highest BCUT2D eigenvalue weighted by Gasteiger charge is 2.57. The van der Waals surface area contributed by atoms with E-state index >= 15 is 4.39 Å². The molecule has 3 heterocycles. The maximum absolute atomic E-state index is 15.4. The Morgan fingerprint density at radius 3 is 2.97 bits per heavy atom. The first-order valence-electron chi connectivity index (χ1n) is 8.97. The summed E-state index contributed by atoms with van der Waals surface area (Å²) in [4.78, 5) is 14.5. The molecule has 5 atom stereocenters. The normalized spacial score (nSPS) is 31.5. The van der Waals surface area contributed by atoms with Gasteiger partial charge in [0.2, 0.25) is 0 Å². The van der Waals surface area contributed by atoms with Crippen LogP contribution in [0.4, 0.5) is 4.39 Å². The Labute approximate surface area is 190 Å². The van der Waals surface area contributed by atoms with E-state index in [1.807, 2.05) is 0 Å². The number of fused-ring (bicyclic) bond motifs is 1. The van der Waals surface area contributed by atoms with E-state index in [0.29, 0.717) is 10.6 Å². The van der Waals surface area contributed by atoms with E-state index in [-0.39, 0.29) is 22.6 Å². The number of terminal acetylenes is 1. The van der Waals surface area contributed by atoms with Crippen molar-refractivity contribution in [3.63, 3.8) is 0 Å². The predicted octanol–water partition coefficient (Wildman–Crippen LogP) is 2.19. The first kappa shape index (κ1) is 23.1. The number of halogens is 2. The van der Waals surface area contributed by atoms with Crippen molar-refractivity contribution in [2.45, 2.75) is 30.9 Å². The zero-order chi connectivity index (χ0) is 23.3. The molecule has 1 aromatic heterocycles. The van der Waals surface area contributed by atoms with Crippen molar-refractivity contribution in [1.29, 1.82) is 0 Å². The average molecular weight is 505 g/mol. The number of aliphatic hydroxyl groups excluding tert-OH is 2. The van der Waals surface area contributed by atoms with Crippen LogP contribution in [0.5, 0.6) is 5.75 Å². The van der Waals surface area contributed by atoms with Crippen molar-refractivity contribution in [3.05, 3.63) is 55.7 Å². The Kier molecular flexibility index (Phi) is 6.04. The summed E-state index contributed by atoms with van der Waals surface area (Å²) in [5, 5.41) is 20.9. The number of H-pyrrole nitrogens is 1. The van der Waals surface area contributed by atoms with E-state index in [2.05, 4.69) is 10.9 Å². The van der Waals surface area contributed by atoms with Gasteiger partial charge in [-0.2, -0.15) is 0 Å². The van der Waals surface area contributed by atoms with E-state index in [1.54, 1.807) is 0 Å². The van der Waals surface area contributed by atoms with Crippen molar-refractivity contribution in [2.24, 2.45) is 0 Å².